The standard InChI is InChI=1S/C24H29N5O/c1-16-6-5-13-25-24(16)19-8-3-7-18(26-19)20-15-29-21(9-4-10-22(29)27-20)17-11-12-23(30)28(2)14-17/h4-6,9-10,13,15,17-19,26H,3,7-8,11-12,14H2,1-2H3/t17?,18-,19+/m1/s1. The summed E-state index contributed by atoms with van der Waals surface area (Å²) in [4.78, 5) is 23.4. The first-order chi connectivity index (χ1) is 14.6. The Morgan fingerprint density at radius 1 is 1.10 bits per heavy atom. The molecule has 3 aromatic heterocycles. The van der Waals surface area contributed by atoms with E-state index in [1.807, 2.05) is 24.2 Å². The van der Waals surface area contributed by atoms with E-state index in [1.54, 1.807) is 0 Å². The van der Waals surface area contributed by atoms with Crippen LogP contribution in [-0.2, 0) is 4.79 Å². The number of piperidine rings is 2. The van der Waals surface area contributed by atoms with Crippen LogP contribution in [0.2, 0.25) is 0 Å². The fourth-order valence-electron chi connectivity index (χ4n) is 5.05. The van der Waals surface area contributed by atoms with Gasteiger partial charge in [0.2, 0.25) is 5.91 Å². The van der Waals surface area contributed by atoms with Crippen LogP contribution >= 0.6 is 0 Å². The van der Waals surface area contributed by atoms with E-state index in [-0.39, 0.29) is 18.0 Å². The van der Waals surface area contributed by atoms with E-state index in [0.717, 1.165) is 49.3 Å². The molecule has 0 aliphatic carbocycles. The summed E-state index contributed by atoms with van der Waals surface area (Å²) < 4.78 is 2.24. The smallest absolute Gasteiger partial charge is 0.222 e. The highest BCUT2D eigenvalue weighted by atomic mass is 16.2. The lowest BCUT2D eigenvalue weighted by Crippen LogP contribution is -2.36. The summed E-state index contributed by atoms with van der Waals surface area (Å²) in [6.07, 6.45) is 8.96. The molecule has 2 aliphatic heterocycles. The van der Waals surface area contributed by atoms with E-state index in [1.165, 1.54) is 11.3 Å². The maximum absolute atomic E-state index is 11.9. The van der Waals surface area contributed by atoms with Crippen LogP contribution in [0.1, 0.15) is 72.8 Å². The second-order valence-electron chi connectivity index (χ2n) is 8.76. The Hall–Kier alpha value is -2.73. The lowest BCUT2D eigenvalue weighted by atomic mass is 9.93. The first kappa shape index (κ1) is 19.2. The first-order valence-corrected chi connectivity index (χ1v) is 11.0. The number of pyridine rings is 2. The Bertz CT molecular complexity index is 1070. The molecule has 3 atom stereocenters. The average molecular weight is 404 g/mol. The highest BCUT2D eigenvalue weighted by molar-refractivity contribution is 5.76. The summed E-state index contributed by atoms with van der Waals surface area (Å²) >= 11 is 0. The number of hydrogen-bond acceptors (Lipinski definition) is 4. The molecule has 2 saturated heterocycles. The lowest BCUT2D eigenvalue weighted by molar-refractivity contribution is -0.132. The molecule has 1 amide bonds. The van der Waals surface area contributed by atoms with E-state index < -0.39 is 0 Å². The van der Waals surface area contributed by atoms with Crippen molar-refractivity contribution in [3.8, 4) is 0 Å². The number of nitrogens with zero attached hydrogens (tertiary/aromatic N) is 4. The molecule has 6 nitrogen and oxygen atoms in total. The molecule has 2 aliphatic rings. The van der Waals surface area contributed by atoms with Crippen molar-refractivity contribution in [3.05, 3.63) is 65.4 Å². The Labute approximate surface area is 177 Å². The summed E-state index contributed by atoms with van der Waals surface area (Å²) in [7, 11) is 1.90. The minimum absolute atomic E-state index is 0.230. The molecule has 5 heterocycles. The van der Waals surface area contributed by atoms with Crippen molar-refractivity contribution in [2.75, 3.05) is 13.6 Å². The van der Waals surface area contributed by atoms with Gasteiger partial charge in [-0.1, -0.05) is 12.1 Å². The van der Waals surface area contributed by atoms with E-state index >= 15 is 0 Å². The zero-order valence-corrected chi connectivity index (χ0v) is 17.7. The number of fused-ring (bicyclic) bond motifs is 1. The molecule has 0 bridgehead atoms. The summed E-state index contributed by atoms with van der Waals surface area (Å²) in [6, 6.07) is 11.0. The maximum Gasteiger partial charge on any atom is 0.222 e. The number of rotatable bonds is 3. The van der Waals surface area contributed by atoms with E-state index in [0.29, 0.717) is 12.3 Å². The van der Waals surface area contributed by atoms with Crippen LogP contribution in [0.25, 0.3) is 5.65 Å². The van der Waals surface area contributed by atoms with Gasteiger partial charge in [0.25, 0.3) is 0 Å². The van der Waals surface area contributed by atoms with Crippen molar-refractivity contribution in [1.29, 1.82) is 0 Å². The van der Waals surface area contributed by atoms with E-state index in [2.05, 4.69) is 52.1 Å². The van der Waals surface area contributed by atoms with E-state index in [4.69, 9.17) is 4.98 Å². The molecule has 2 fully saturated rings. The van der Waals surface area contributed by atoms with Crippen LogP contribution in [0, 0.1) is 6.92 Å². The number of amides is 1. The Balaban J connectivity index is 1.43. The van der Waals surface area contributed by atoms with Crippen molar-refractivity contribution < 1.29 is 4.79 Å². The normalized spacial score (nSPS) is 25.1. The van der Waals surface area contributed by atoms with Gasteiger partial charge in [-0.2, -0.15) is 0 Å². The Morgan fingerprint density at radius 2 is 1.97 bits per heavy atom. The molecular weight excluding hydrogens is 374 g/mol. The van der Waals surface area contributed by atoms with Gasteiger partial charge in [-0.25, -0.2) is 4.98 Å². The highest BCUT2D eigenvalue weighted by Gasteiger charge is 2.29. The monoisotopic (exact) mass is 403 g/mol. The van der Waals surface area contributed by atoms with Crippen molar-refractivity contribution in [3.63, 3.8) is 0 Å². The number of aryl methyl sites for hydroxylation is 1. The number of carbonyl (C=O) groups excluding carboxylic acids is 1. The molecule has 30 heavy (non-hydrogen) atoms. The van der Waals surface area contributed by atoms with Crippen molar-refractivity contribution in [1.82, 2.24) is 24.6 Å². The van der Waals surface area contributed by atoms with Crippen LogP contribution < -0.4 is 5.32 Å². The number of imidazole rings is 1. The molecule has 6 heteroatoms. The lowest BCUT2D eigenvalue weighted by Gasteiger charge is -2.30. The van der Waals surface area contributed by atoms with Gasteiger partial charge in [0, 0.05) is 44.0 Å². The van der Waals surface area contributed by atoms with Crippen LogP contribution in [0.15, 0.2) is 42.7 Å². The average Bonchev–Trinajstić information content (AvgIpc) is 3.21. The van der Waals surface area contributed by atoms with Gasteiger partial charge in [0.05, 0.1) is 23.5 Å². The van der Waals surface area contributed by atoms with Crippen LogP contribution in [0.4, 0.5) is 0 Å². The minimum Gasteiger partial charge on any atom is -0.345 e. The molecule has 0 saturated carbocycles. The number of likely N-dealkylation sites (tertiary alicyclic amines) is 1. The molecule has 156 valence electrons. The molecule has 0 aromatic carbocycles. The molecular formula is C24H29N5O. The third kappa shape index (κ3) is 3.49. The number of hydrogen-bond donors (Lipinski definition) is 1. The van der Waals surface area contributed by atoms with Gasteiger partial charge in [-0.15, -0.1) is 0 Å². The highest BCUT2D eigenvalue weighted by Crippen LogP contribution is 2.34. The predicted octanol–water partition coefficient (Wildman–Crippen LogP) is 3.93. The second kappa shape index (κ2) is 7.84. The number of aromatic nitrogens is 3. The SMILES string of the molecule is Cc1cccnc1[C@@H]1CCC[C@H](c2cn3c(C4CCC(=O)N(C)C4)cccc3n2)N1. The molecule has 0 radical (unpaired) electrons. The van der Waals surface area contributed by atoms with Crippen molar-refractivity contribution >= 4 is 11.6 Å². The Morgan fingerprint density at radius 3 is 2.80 bits per heavy atom. The molecule has 5 rings (SSSR count). The second-order valence-corrected chi connectivity index (χ2v) is 8.76. The predicted molar refractivity (Wildman–Crippen MR) is 116 cm³/mol. The number of likely N-dealkylation sites (N-methyl/N-ethyl adjacent to an activating group) is 1. The largest absolute Gasteiger partial charge is 0.345 e. The van der Waals surface area contributed by atoms with Gasteiger partial charge in [0.15, 0.2) is 0 Å². The van der Waals surface area contributed by atoms with Gasteiger partial charge < -0.3 is 14.6 Å². The van der Waals surface area contributed by atoms with Gasteiger partial charge >= 0.3 is 0 Å². The van der Waals surface area contributed by atoms with Crippen molar-refractivity contribution in [2.45, 2.75) is 57.0 Å². The van der Waals surface area contributed by atoms with Gasteiger partial charge in [-0.3, -0.25) is 9.78 Å². The number of carbonyl (C=O) groups is 1. The number of nitrogens with one attached hydrogen (secondary N) is 1. The molecule has 3 aromatic rings. The summed E-state index contributed by atoms with van der Waals surface area (Å²) in [5, 5.41) is 3.81. The maximum atomic E-state index is 11.9. The zero-order valence-electron chi connectivity index (χ0n) is 17.7. The van der Waals surface area contributed by atoms with Crippen molar-refractivity contribution in [2.24, 2.45) is 0 Å². The summed E-state index contributed by atoms with van der Waals surface area (Å²) in [6.45, 7) is 2.91. The summed E-state index contributed by atoms with van der Waals surface area (Å²) in [5.41, 5.74) is 5.73. The third-order valence-corrected chi connectivity index (χ3v) is 6.71. The van der Waals surface area contributed by atoms with Crippen LogP contribution in [-0.4, -0.2) is 38.8 Å². The van der Waals surface area contributed by atoms with Gasteiger partial charge in [-0.05, 0) is 56.4 Å². The zero-order chi connectivity index (χ0) is 20.7. The van der Waals surface area contributed by atoms with Crippen LogP contribution in [0.5, 0.6) is 0 Å². The minimum atomic E-state index is 0.230. The quantitative estimate of drug-likeness (QED) is 0.720. The molecule has 1 unspecified atom stereocenters. The fourth-order valence-corrected chi connectivity index (χ4v) is 5.05. The van der Waals surface area contributed by atoms with Gasteiger partial charge in [0.1, 0.15) is 5.65 Å². The molecule has 0 spiro atoms. The molecule has 1 N–H and O–H groups in total. The first-order valence-electron chi connectivity index (χ1n) is 11.0. The van der Waals surface area contributed by atoms with E-state index in [9.17, 15) is 4.79 Å². The topological polar surface area (TPSA) is 62.5 Å². The summed E-state index contributed by atoms with van der Waals surface area (Å²) in [5.74, 6) is 0.591. The van der Waals surface area contributed by atoms with Crippen LogP contribution in [0.3, 0.4) is 0 Å². The fraction of sp³-hybridized carbons (Fsp3) is 0.458. The third-order valence-electron chi connectivity index (χ3n) is 6.71. The Kier molecular flexibility index (Phi) is 5.03.